The van der Waals surface area contributed by atoms with E-state index in [0.717, 1.165) is 17.3 Å². The summed E-state index contributed by atoms with van der Waals surface area (Å²) in [5.41, 5.74) is 4.78. The fourth-order valence-corrected chi connectivity index (χ4v) is 4.37. The van der Waals surface area contributed by atoms with Crippen molar-refractivity contribution in [3.8, 4) is 11.4 Å². The van der Waals surface area contributed by atoms with Gasteiger partial charge in [-0.25, -0.2) is 10.4 Å². The Hall–Kier alpha value is -3.33. The third kappa shape index (κ3) is 5.67. The van der Waals surface area contributed by atoms with Crippen molar-refractivity contribution >= 4 is 57.5 Å². The number of ether oxygens (including phenoxy) is 1. The highest BCUT2D eigenvalue weighted by atomic mass is 35.5. The van der Waals surface area contributed by atoms with E-state index in [-0.39, 0.29) is 17.2 Å². The lowest BCUT2D eigenvalue weighted by Gasteiger charge is -2.13. The molecule has 0 aliphatic carbocycles. The van der Waals surface area contributed by atoms with Crippen LogP contribution in [0, 0.1) is 0 Å². The minimum atomic E-state index is -0.349. The van der Waals surface area contributed by atoms with E-state index in [1.54, 1.807) is 74.7 Å². The van der Waals surface area contributed by atoms with Crippen LogP contribution in [-0.2, 0) is 4.79 Å². The first-order chi connectivity index (χ1) is 16.9. The van der Waals surface area contributed by atoms with E-state index in [1.165, 1.54) is 4.57 Å². The number of amides is 1. The van der Waals surface area contributed by atoms with Crippen LogP contribution in [0.3, 0.4) is 0 Å². The SMILES string of the molecule is COc1ccc(-n2c(SCC(=O)N/N=C(/C)c3ccc(Cl)c(Cl)c3)nc3ccccc3c2=O)cc1. The average molecular weight is 527 g/mol. The van der Waals surface area contributed by atoms with E-state index >= 15 is 0 Å². The van der Waals surface area contributed by atoms with Crippen LogP contribution in [0.15, 0.2) is 81.8 Å². The number of thioether (sulfide) groups is 1. The summed E-state index contributed by atoms with van der Waals surface area (Å²) in [5, 5.41) is 5.86. The van der Waals surface area contributed by atoms with Gasteiger partial charge in [0.1, 0.15) is 5.75 Å². The minimum absolute atomic E-state index is 0.000904. The molecule has 0 atom stereocenters. The van der Waals surface area contributed by atoms with Crippen LogP contribution in [0.1, 0.15) is 12.5 Å². The molecule has 0 aliphatic rings. The van der Waals surface area contributed by atoms with Crippen LogP contribution in [0.2, 0.25) is 10.0 Å². The number of fused-ring (bicyclic) bond motifs is 1. The normalized spacial score (nSPS) is 11.5. The monoisotopic (exact) mass is 526 g/mol. The number of methoxy groups -OCH3 is 1. The molecule has 0 bridgehead atoms. The number of carbonyl (C=O) groups is 1. The van der Waals surface area contributed by atoms with Gasteiger partial charge in [0.15, 0.2) is 5.16 Å². The fraction of sp³-hybridized carbons (Fsp3) is 0.120. The van der Waals surface area contributed by atoms with Gasteiger partial charge in [0.25, 0.3) is 11.5 Å². The van der Waals surface area contributed by atoms with E-state index in [0.29, 0.717) is 43.3 Å². The standard InChI is InChI=1S/C25H20Cl2N4O3S/c1-15(16-7-12-20(26)21(27)13-16)29-30-23(32)14-35-25-28-22-6-4-3-5-19(22)24(33)31(25)17-8-10-18(34-2)11-9-17/h3-13H,14H2,1-2H3,(H,30,32)/b29-15-. The Bertz CT molecular complexity index is 1490. The highest BCUT2D eigenvalue weighted by Crippen LogP contribution is 2.24. The number of halogens is 2. The smallest absolute Gasteiger partial charge is 0.266 e. The number of hydrogen-bond donors (Lipinski definition) is 1. The number of benzene rings is 3. The second kappa shape index (κ2) is 10.9. The first-order valence-corrected chi connectivity index (χ1v) is 12.2. The molecular formula is C25H20Cl2N4O3S. The van der Waals surface area contributed by atoms with Gasteiger partial charge in [0.2, 0.25) is 0 Å². The molecule has 10 heteroatoms. The molecule has 0 saturated carbocycles. The summed E-state index contributed by atoms with van der Waals surface area (Å²) in [6.07, 6.45) is 0. The largest absolute Gasteiger partial charge is 0.497 e. The topological polar surface area (TPSA) is 85.6 Å². The number of nitrogens with one attached hydrogen (secondary N) is 1. The van der Waals surface area contributed by atoms with Crippen molar-refractivity contribution in [1.29, 1.82) is 0 Å². The molecule has 0 unspecified atom stereocenters. The average Bonchev–Trinajstić information content (AvgIpc) is 2.88. The molecule has 4 aromatic rings. The quantitative estimate of drug-likeness (QED) is 0.152. The molecule has 1 amide bonds. The fourth-order valence-electron chi connectivity index (χ4n) is 3.26. The molecule has 0 aliphatic heterocycles. The third-order valence-corrected chi connectivity index (χ3v) is 6.77. The lowest BCUT2D eigenvalue weighted by molar-refractivity contribution is -0.118. The third-order valence-electron chi connectivity index (χ3n) is 5.09. The van der Waals surface area contributed by atoms with Gasteiger partial charge in [0, 0.05) is 0 Å². The highest BCUT2D eigenvalue weighted by molar-refractivity contribution is 7.99. The van der Waals surface area contributed by atoms with E-state index in [2.05, 4.69) is 15.5 Å². The Kier molecular flexibility index (Phi) is 7.75. The maximum absolute atomic E-state index is 13.3. The van der Waals surface area contributed by atoms with Gasteiger partial charge in [0.05, 0.1) is 45.2 Å². The van der Waals surface area contributed by atoms with Crippen molar-refractivity contribution in [2.75, 3.05) is 12.9 Å². The van der Waals surface area contributed by atoms with E-state index in [9.17, 15) is 9.59 Å². The molecule has 178 valence electrons. The van der Waals surface area contributed by atoms with Crippen LogP contribution in [0.25, 0.3) is 16.6 Å². The van der Waals surface area contributed by atoms with Crippen molar-refractivity contribution in [2.45, 2.75) is 12.1 Å². The van der Waals surface area contributed by atoms with Crippen molar-refractivity contribution in [3.05, 3.63) is 92.7 Å². The maximum Gasteiger partial charge on any atom is 0.266 e. The Balaban J connectivity index is 1.57. The minimum Gasteiger partial charge on any atom is -0.497 e. The van der Waals surface area contributed by atoms with Crippen molar-refractivity contribution in [2.24, 2.45) is 5.10 Å². The lowest BCUT2D eigenvalue weighted by atomic mass is 10.1. The number of para-hydroxylation sites is 1. The molecule has 0 spiro atoms. The summed E-state index contributed by atoms with van der Waals surface area (Å²) in [6, 6.07) is 19.3. The molecule has 4 rings (SSSR count). The van der Waals surface area contributed by atoms with Crippen LogP contribution >= 0.6 is 35.0 Å². The summed E-state index contributed by atoms with van der Waals surface area (Å²) in [4.78, 5) is 30.5. The number of hydrazone groups is 1. The molecule has 0 saturated heterocycles. The number of carbonyl (C=O) groups excluding carboxylic acids is 1. The van der Waals surface area contributed by atoms with Crippen LogP contribution in [0.5, 0.6) is 5.75 Å². The highest BCUT2D eigenvalue weighted by Gasteiger charge is 2.15. The van der Waals surface area contributed by atoms with Gasteiger partial charge in [-0.2, -0.15) is 5.10 Å². The zero-order chi connectivity index (χ0) is 24.9. The van der Waals surface area contributed by atoms with Crippen molar-refractivity contribution in [3.63, 3.8) is 0 Å². The molecule has 1 aromatic heterocycles. The number of nitrogens with zero attached hydrogens (tertiary/aromatic N) is 3. The molecular weight excluding hydrogens is 507 g/mol. The Morgan fingerprint density at radius 2 is 1.83 bits per heavy atom. The van der Waals surface area contributed by atoms with Gasteiger partial charge in [-0.3, -0.25) is 14.2 Å². The van der Waals surface area contributed by atoms with Gasteiger partial charge < -0.3 is 4.74 Å². The zero-order valence-corrected chi connectivity index (χ0v) is 21.1. The first-order valence-electron chi connectivity index (χ1n) is 10.4. The second-order valence-electron chi connectivity index (χ2n) is 7.40. The van der Waals surface area contributed by atoms with E-state index in [4.69, 9.17) is 27.9 Å². The Morgan fingerprint density at radius 3 is 2.54 bits per heavy atom. The van der Waals surface area contributed by atoms with E-state index < -0.39 is 0 Å². The number of hydrogen-bond acceptors (Lipinski definition) is 6. The summed E-state index contributed by atoms with van der Waals surface area (Å²) >= 11 is 13.1. The summed E-state index contributed by atoms with van der Waals surface area (Å²) in [5.74, 6) is 0.316. The molecule has 1 heterocycles. The van der Waals surface area contributed by atoms with Gasteiger partial charge >= 0.3 is 0 Å². The molecule has 7 nitrogen and oxygen atoms in total. The molecule has 35 heavy (non-hydrogen) atoms. The van der Waals surface area contributed by atoms with Crippen LogP contribution < -0.4 is 15.7 Å². The van der Waals surface area contributed by atoms with Crippen molar-refractivity contribution < 1.29 is 9.53 Å². The lowest BCUT2D eigenvalue weighted by Crippen LogP contribution is -2.24. The van der Waals surface area contributed by atoms with Crippen LogP contribution in [-0.4, -0.2) is 34.0 Å². The number of rotatable bonds is 7. The molecule has 1 N–H and O–H groups in total. The maximum atomic E-state index is 13.3. The summed E-state index contributed by atoms with van der Waals surface area (Å²) < 4.78 is 6.71. The molecule has 0 fully saturated rings. The predicted octanol–water partition coefficient (Wildman–Crippen LogP) is 5.33. The van der Waals surface area contributed by atoms with Gasteiger partial charge in [-0.05, 0) is 61.0 Å². The number of aromatic nitrogens is 2. The van der Waals surface area contributed by atoms with Gasteiger partial charge in [-0.15, -0.1) is 0 Å². The first kappa shape index (κ1) is 24.8. The van der Waals surface area contributed by atoms with E-state index in [1.807, 2.05) is 6.07 Å². The zero-order valence-electron chi connectivity index (χ0n) is 18.8. The van der Waals surface area contributed by atoms with Crippen molar-refractivity contribution in [1.82, 2.24) is 15.0 Å². The summed E-state index contributed by atoms with van der Waals surface area (Å²) in [7, 11) is 1.57. The Morgan fingerprint density at radius 1 is 1.09 bits per heavy atom. The second-order valence-corrected chi connectivity index (χ2v) is 9.16. The molecule has 0 radical (unpaired) electrons. The van der Waals surface area contributed by atoms with Gasteiger partial charge in [-0.1, -0.05) is 53.2 Å². The summed E-state index contributed by atoms with van der Waals surface area (Å²) in [6.45, 7) is 1.75. The predicted molar refractivity (Wildman–Crippen MR) is 141 cm³/mol. The van der Waals surface area contributed by atoms with Crippen LogP contribution in [0.4, 0.5) is 0 Å². The Labute approximate surface area is 215 Å². The molecule has 3 aromatic carbocycles.